The molecule has 90 valence electrons. The predicted molar refractivity (Wildman–Crippen MR) is 54.0 cm³/mol. The summed E-state index contributed by atoms with van der Waals surface area (Å²) in [6, 6.07) is 4.72. The lowest BCUT2D eigenvalue weighted by molar-refractivity contribution is -0.115. The molecule has 5 nitrogen and oxygen atoms in total. The summed E-state index contributed by atoms with van der Waals surface area (Å²) in [7, 11) is 0. The number of urea groups is 1. The fourth-order valence-electron chi connectivity index (χ4n) is 1.46. The van der Waals surface area contributed by atoms with Gasteiger partial charge >= 0.3 is 12.6 Å². The third-order valence-electron chi connectivity index (χ3n) is 2.16. The molecule has 0 radical (unpaired) electrons. The number of carbonyl (C=O) groups excluding carboxylic acids is 2. The standard InChI is InChI=1S/C10H8F2N2O3/c11-9(12)17-7-3-1-6(2-4-7)14-8(15)5-13-10(14)16/h1-4,9H,5H2,(H,13,16). The van der Waals surface area contributed by atoms with Gasteiger partial charge < -0.3 is 10.1 Å². The Bertz CT molecular complexity index is 431. The quantitative estimate of drug-likeness (QED) is 0.814. The highest BCUT2D eigenvalue weighted by molar-refractivity contribution is 6.19. The van der Waals surface area contributed by atoms with Crippen molar-refractivity contribution in [3.63, 3.8) is 0 Å². The molecule has 2 rings (SSSR count). The van der Waals surface area contributed by atoms with E-state index in [0.29, 0.717) is 5.69 Å². The van der Waals surface area contributed by atoms with E-state index in [2.05, 4.69) is 10.1 Å². The van der Waals surface area contributed by atoms with Crippen molar-refractivity contribution in [1.82, 2.24) is 5.32 Å². The van der Waals surface area contributed by atoms with Gasteiger partial charge in [0.05, 0.1) is 12.2 Å². The minimum absolute atomic E-state index is 0.0317. The van der Waals surface area contributed by atoms with Crippen LogP contribution in [0.2, 0.25) is 0 Å². The number of hydrogen-bond donors (Lipinski definition) is 1. The molecule has 0 aromatic heterocycles. The second kappa shape index (κ2) is 4.36. The van der Waals surface area contributed by atoms with Gasteiger partial charge in [-0.3, -0.25) is 4.79 Å². The molecule has 1 aromatic rings. The highest BCUT2D eigenvalue weighted by Gasteiger charge is 2.29. The number of amides is 3. The molecule has 0 aliphatic carbocycles. The summed E-state index contributed by atoms with van der Waals surface area (Å²) in [4.78, 5) is 23.6. The number of imide groups is 1. The van der Waals surface area contributed by atoms with Gasteiger partial charge in [0.15, 0.2) is 0 Å². The van der Waals surface area contributed by atoms with Crippen LogP contribution in [0.1, 0.15) is 0 Å². The highest BCUT2D eigenvalue weighted by atomic mass is 19.3. The van der Waals surface area contributed by atoms with Crippen molar-refractivity contribution in [2.45, 2.75) is 6.61 Å². The number of nitrogens with one attached hydrogen (secondary N) is 1. The lowest BCUT2D eigenvalue weighted by atomic mass is 10.3. The molecule has 0 unspecified atom stereocenters. The Kier molecular flexibility index (Phi) is 2.90. The van der Waals surface area contributed by atoms with Gasteiger partial charge in [0.25, 0.3) is 5.91 Å². The second-order valence-corrected chi connectivity index (χ2v) is 3.26. The zero-order valence-corrected chi connectivity index (χ0v) is 8.52. The minimum Gasteiger partial charge on any atom is -0.435 e. The predicted octanol–water partition coefficient (Wildman–Crippen LogP) is 1.34. The molecule has 1 aromatic carbocycles. The largest absolute Gasteiger partial charge is 0.435 e. The average molecular weight is 242 g/mol. The first-order valence-corrected chi connectivity index (χ1v) is 4.73. The maximum absolute atomic E-state index is 11.9. The van der Waals surface area contributed by atoms with Crippen molar-refractivity contribution < 1.29 is 23.1 Å². The Morgan fingerprint density at radius 1 is 1.24 bits per heavy atom. The monoisotopic (exact) mass is 242 g/mol. The van der Waals surface area contributed by atoms with Crippen LogP contribution in [0.25, 0.3) is 0 Å². The van der Waals surface area contributed by atoms with E-state index in [-0.39, 0.29) is 12.3 Å². The van der Waals surface area contributed by atoms with Crippen LogP contribution in [0.4, 0.5) is 19.3 Å². The molecule has 1 saturated heterocycles. The summed E-state index contributed by atoms with van der Waals surface area (Å²) in [5, 5.41) is 2.35. The SMILES string of the molecule is O=C1CNC(=O)N1c1ccc(OC(F)F)cc1. The van der Waals surface area contributed by atoms with E-state index < -0.39 is 18.5 Å². The molecule has 0 bridgehead atoms. The van der Waals surface area contributed by atoms with Gasteiger partial charge in [-0.05, 0) is 24.3 Å². The first-order valence-electron chi connectivity index (χ1n) is 4.73. The third kappa shape index (κ3) is 2.32. The van der Waals surface area contributed by atoms with Crippen molar-refractivity contribution in [2.24, 2.45) is 0 Å². The van der Waals surface area contributed by atoms with Crippen molar-refractivity contribution >= 4 is 17.6 Å². The number of carbonyl (C=O) groups is 2. The molecule has 0 saturated carbocycles. The van der Waals surface area contributed by atoms with Crippen LogP contribution in [0.3, 0.4) is 0 Å². The van der Waals surface area contributed by atoms with Crippen LogP contribution < -0.4 is 15.0 Å². The van der Waals surface area contributed by atoms with Gasteiger partial charge in [-0.15, -0.1) is 0 Å². The van der Waals surface area contributed by atoms with E-state index in [4.69, 9.17) is 0 Å². The molecule has 1 N–H and O–H groups in total. The average Bonchev–Trinajstić information content (AvgIpc) is 2.59. The normalized spacial score (nSPS) is 15.4. The van der Waals surface area contributed by atoms with E-state index in [1.807, 2.05) is 0 Å². The van der Waals surface area contributed by atoms with Gasteiger partial charge in [0.2, 0.25) is 0 Å². The lowest BCUT2D eigenvalue weighted by Gasteiger charge is -2.12. The molecular formula is C10H8F2N2O3. The number of rotatable bonds is 3. The molecule has 7 heteroatoms. The Morgan fingerprint density at radius 2 is 1.88 bits per heavy atom. The van der Waals surface area contributed by atoms with Gasteiger partial charge in [0, 0.05) is 0 Å². The molecule has 1 heterocycles. The van der Waals surface area contributed by atoms with E-state index >= 15 is 0 Å². The summed E-state index contributed by atoms with van der Waals surface area (Å²) >= 11 is 0. The van der Waals surface area contributed by atoms with Crippen LogP contribution in [0, 0.1) is 0 Å². The van der Waals surface area contributed by atoms with E-state index in [0.717, 1.165) is 4.90 Å². The number of ether oxygens (including phenoxy) is 1. The molecule has 1 fully saturated rings. The van der Waals surface area contributed by atoms with Gasteiger partial charge in [0.1, 0.15) is 5.75 Å². The molecule has 17 heavy (non-hydrogen) atoms. The minimum atomic E-state index is -2.91. The Morgan fingerprint density at radius 3 is 2.35 bits per heavy atom. The molecular weight excluding hydrogens is 234 g/mol. The maximum atomic E-state index is 11.9. The number of hydrogen-bond acceptors (Lipinski definition) is 3. The third-order valence-corrected chi connectivity index (χ3v) is 2.16. The first-order chi connectivity index (χ1) is 8.08. The molecule has 3 amide bonds. The molecule has 0 spiro atoms. The summed E-state index contributed by atoms with van der Waals surface area (Å²) in [6.07, 6.45) is 0. The summed E-state index contributed by atoms with van der Waals surface area (Å²) in [6.45, 7) is -2.97. The van der Waals surface area contributed by atoms with Crippen molar-refractivity contribution in [3.8, 4) is 5.75 Å². The van der Waals surface area contributed by atoms with E-state index in [9.17, 15) is 18.4 Å². The number of halogens is 2. The summed E-state index contributed by atoms with van der Waals surface area (Å²) in [5.41, 5.74) is 0.312. The van der Waals surface area contributed by atoms with Gasteiger partial charge in [-0.25, -0.2) is 9.69 Å². The topological polar surface area (TPSA) is 58.6 Å². The molecule has 1 aliphatic rings. The van der Waals surface area contributed by atoms with Crippen molar-refractivity contribution in [3.05, 3.63) is 24.3 Å². The first kappa shape index (κ1) is 11.3. The Hall–Kier alpha value is -2.18. The Balaban J connectivity index is 2.17. The van der Waals surface area contributed by atoms with Crippen LogP contribution in [0.15, 0.2) is 24.3 Å². The van der Waals surface area contributed by atoms with Crippen LogP contribution in [-0.2, 0) is 4.79 Å². The van der Waals surface area contributed by atoms with Crippen molar-refractivity contribution in [2.75, 3.05) is 11.4 Å². The molecule has 0 atom stereocenters. The lowest BCUT2D eigenvalue weighted by Crippen LogP contribution is -2.30. The fraction of sp³-hybridized carbons (Fsp3) is 0.200. The zero-order valence-electron chi connectivity index (χ0n) is 8.52. The van der Waals surface area contributed by atoms with Gasteiger partial charge in [-0.2, -0.15) is 8.78 Å². The summed E-state index contributed by atoms with van der Waals surface area (Å²) in [5.74, 6) is -0.423. The summed E-state index contributed by atoms with van der Waals surface area (Å²) < 4.78 is 27.9. The van der Waals surface area contributed by atoms with Crippen LogP contribution in [0.5, 0.6) is 5.75 Å². The van der Waals surface area contributed by atoms with Gasteiger partial charge in [-0.1, -0.05) is 0 Å². The maximum Gasteiger partial charge on any atom is 0.387 e. The number of anilines is 1. The fourth-order valence-corrected chi connectivity index (χ4v) is 1.46. The number of benzene rings is 1. The Labute approximate surface area is 95.0 Å². The smallest absolute Gasteiger partial charge is 0.387 e. The number of alkyl halides is 2. The highest BCUT2D eigenvalue weighted by Crippen LogP contribution is 2.22. The zero-order chi connectivity index (χ0) is 12.4. The number of nitrogens with zero attached hydrogens (tertiary/aromatic N) is 1. The van der Waals surface area contributed by atoms with E-state index in [1.54, 1.807) is 0 Å². The second-order valence-electron chi connectivity index (χ2n) is 3.26. The van der Waals surface area contributed by atoms with Crippen molar-refractivity contribution in [1.29, 1.82) is 0 Å². The van der Waals surface area contributed by atoms with E-state index in [1.165, 1.54) is 24.3 Å². The molecule has 1 aliphatic heterocycles. The van der Waals surface area contributed by atoms with Crippen LogP contribution in [-0.4, -0.2) is 25.1 Å². The van der Waals surface area contributed by atoms with Crippen LogP contribution >= 0.6 is 0 Å².